The summed E-state index contributed by atoms with van der Waals surface area (Å²) < 4.78 is 42.3. The van der Waals surface area contributed by atoms with Crippen molar-refractivity contribution in [3.8, 4) is 0 Å². The van der Waals surface area contributed by atoms with E-state index in [1.807, 2.05) is 20.8 Å². The van der Waals surface area contributed by atoms with Crippen LogP contribution in [0.1, 0.15) is 37.9 Å². The maximum Gasteiger partial charge on any atom is 0.421 e. The van der Waals surface area contributed by atoms with E-state index in [0.717, 1.165) is 0 Å². The van der Waals surface area contributed by atoms with E-state index in [0.29, 0.717) is 18.1 Å². The Morgan fingerprint density at radius 1 is 1.21 bits per heavy atom. The molecule has 3 aromatic heterocycles. The van der Waals surface area contributed by atoms with Crippen LogP contribution in [0.15, 0.2) is 12.5 Å². The van der Waals surface area contributed by atoms with Gasteiger partial charge in [-0.05, 0) is 27.7 Å². The number of nitrogens with zero attached hydrogens (tertiary/aromatic N) is 7. The molecule has 0 aromatic carbocycles. The first-order valence-electron chi connectivity index (χ1n) is 8.57. The van der Waals surface area contributed by atoms with E-state index in [4.69, 9.17) is 17.3 Å². The molecule has 29 heavy (non-hydrogen) atoms. The van der Waals surface area contributed by atoms with Crippen molar-refractivity contribution in [2.45, 2.75) is 46.0 Å². The van der Waals surface area contributed by atoms with Crippen molar-refractivity contribution in [2.24, 2.45) is 0 Å². The third-order valence-corrected chi connectivity index (χ3v) is 4.58. The molecular formula is C16H19ClF3N9. The van der Waals surface area contributed by atoms with Gasteiger partial charge in [0, 0.05) is 6.54 Å². The molecule has 13 heteroatoms. The van der Waals surface area contributed by atoms with Crippen LogP contribution < -0.4 is 11.1 Å². The molecule has 3 N–H and O–H groups in total. The van der Waals surface area contributed by atoms with Crippen molar-refractivity contribution in [1.82, 2.24) is 34.5 Å². The van der Waals surface area contributed by atoms with Crippen molar-refractivity contribution in [3.05, 3.63) is 34.8 Å². The minimum absolute atomic E-state index is 0.0766. The van der Waals surface area contributed by atoms with Crippen LogP contribution in [0, 0.1) is 6.92 Å². The number of alkyl halides is 3. The SMILES string of the molecule is CCn1cnc(C(C)(C)n2cc(Nc3nc(C)c(C(F)(F)F)c(N)n3)c(Cl)n2)n1. The normalized spacial score (nSPS) is 12.4. The Morgan fingerprint density at radius 3 is 2.45 bits per heavy atom. The van der Waals surface area contributed by atoms with Crippen molar-refractivity contribution >= 4 is 29.1 Å². The van der Waals surface area contributed by atoms with Gasteiger partial charge in [-0.3, -0.25) is 9.36 Å². The van der Waals surface area contributed by atoms with Gasteiger partial charge in [-0.25, -0.2) is 9.97 Å². The van der Waals surface area contributed by atoms with Gasteiger partial charge in [-0.1, -0.05) is 11.6 Å². The van der Waals surface area contributed by atoms with Crippen LogP contribution >= 0.6 is 11.6 Å². The molecule has 0 fully saturated rings. The van der Waals surface area contributed by atoms with E-state index < -0.39 is 23.1 Å². The van der Waals surface area contributed by atoms with Crippen LogP contribution in [0.5, 0.6) is 0 Å². The molecule has 0 saturated heterocycles. The molecule has 0 saturated carbocycles. The first-order valence-corrected chi connectivity index (χ1v) is 8.95. The highest BCUT2D eigenvalue weighted by molar-refractivity contribution is 6.32. The molecule has 0 amide bonds. The fourth-order valence-electron chi connectivity index (χ4n) is 2.67. The zero-order valence-electron chi connectivity index (χ0n) is 16.1. The first-order chi connectivity index (χ1) is 13.4. The summed E-state index contributed by atoms with van der Waals surface area (Å²) in [6, 6.07) is 0. The lowest BCUT2D eigenvalue weighted by molar-refractivity contribution is -0.137. The number of hydrogen-bond acceptors (Lipinski definition) is 7. The highest BCUT2D eigenvalue weighted by Gasteiger charge is 2.37. The minimum Gasteiger partial charge on any atom is -0.383 e. The highest BCUT2D eigenvalue weighted by atomic mass is 35.5. The number of anilines is 3. The van der Waals surface area contributed by atoms with Crippen molar-refractivity contribution in [2.75, 3.05) is 11.1 Å². The predicted molar refractivity (Wildman–Crippen MR) is 101 cm³/mol. The molecule has 0 atom stereocenters. The van der Waals surface area contributed by atoms with E-state index in [9.17, 15) is 13.2 Å². The molecule has 0 radical (unpaired) electrons. The van der Waals surface area contributed by atoms with Gasteiger partial charge >= 0.3 is 6.18 Å². The topological polar surface area (TPSA) is 112 Å². The fourth-order valence-corrected chi connectivity index (χ4v) is 2.85. The molecule has 0 spiro atoms. The number of halogens is 4. The molecule has 9 nitrogen and oxygen atoms in total. The van der Waals surface area contributed by atoms with Crippen LogP contribution in [0.25, 0.3) is 0 Å². The number of hydrogen-bond donors (Lipinski definition) is 2. The average molecular weight is 430 g/mol. The number of aryl methyl sites for hydroxylation is 2. The van der Waals surface area contributed by atoms with E-state index in [2.05, 4.69) is 30.5 Å². The van der Waals surface area contributed by atoms with E-state index in [-0.39, 0.29) is 16.8 Å². The lowest BCUT2D eigenvalue weighted by Gasteiger charge is -2.21. The van der Waals surface area contributed by atoms with Gasteiger partial charge in [0.1, 0.15) is 23.2 Å². The molecule has 0 aliphatic rings. The summed E-state index contributed by atoms with van der Waals surface area (Å²) in [5.41, 5.74) is 3.68. The number of aromatic nitrogens is 7. The smallest absolute Gasteiger partial charge is 0.383 e. The molecule has 0 bridgehead atoms. The average Bonchev–Trinajstić information content (AvgIpc) is 3.21. The summed E-state index contributed by atoms with van der Waals surface area (Å²) in [5.74, 6) is -0.276. The van der Waals surface area contributed by atoms with Crippen molar-refractivity contribution < 1.29 is 13.2 Å². The van der Waals surface area contributed by atoms with E-state index >= 15 is 0 Å². The molecule has 156 valence electrons. The summed E-state index contributed by atoms with van der Waals surface area (Å²) in [6.07, 6.45) is -1.46. The zero-order valence-corrected chi connectivity index (χ0v) is 16.8. The molecule has 3 aromatic rings. The Morgan fingerprint density at radius 2 is 1.90 bits per heavy atom. The van der Waals surface area contributed by atoms with Crippen LogP contribution in [0.3, 0.4) is 0 Å². The maximum absolute atomic E-state index is 13.0. The number of nitrogens with one attached hydrogen (secondary N) is 1. The Hall–Kier alpha value is -2.89. The summed E-state index contributed by atoms with van der Waals surface area (Å²) in [4.78, 5) is 11.8. The van der Waals surface area contributed by atoms with Gasteiger partial charge in [0.2, 0.25) is 5.95 Å². The third kappa shape index (κ3) is 3.97. The number of rotatable bonds is 5. The van der Waals surface area contributed by atoms with Crippen LogP contribution in [0.4, 0.5) is 30.6 Å². The predicted octanol–water partition coefficient (Wildman–Crippen LogP) is 3.37. The van der Waals surface area contributed by atoms with Gasteiger partial charge < -0.3 is 11.1 Å². The summed E-state index contributed by atoms with van der Waals surface area (Å²) in [5, 5.41) is 11.5. The van der Waals surface area contributed by atoms with Crippen molar-refractivity contribution in [3.63, 3.8) is 0 Å². The molecule has 0 aliphatic heterocycles. The Balaban J connectivity index is 1.92. The second-order valence-corrected chi connectivity index (χ2v) is 7.13. The lowest BCUT2D eigenvalue weighted by Crippen LogP contribution is -2.30. The zero-order chi connectivity index (χ0) is 21.6. The Labute approximate surface area is 169 Å². The molecule has 0 unspecified atom stereocenters. The van der Waals surface area contributed by atoms with Crippen LogP contribution in [-0.4, -0.2) is 34.5 Å². The Bertz CT molecular complexity index is 1020. The molecule has 3 rings (SSSR count). The first kappa shape index (κ1) is 20.8. The number of nitrogen functional groups attached to an aromatic ring is 1. The third-order valence-electron chi connectivity index (χ3n) is 4.30. The standard InChI is InChI=1S/C16H19ClF3N9/c1-5-28-7-22-13(27-28)15(3,4)29-6-9(11(17)26-29)24-14-23-8(2)10(12(21)25-14)16(18,19)20/h6-7H,5H2,1-4H3,(H3,21,23,24,25). The van der Waals surface area contributed by atoms with Gasteiger partial charge in [-0.2, -0.15) is 28.4 Å². The molecule has 3 heterocycles. The minimum atomic E-state index is -4.64. The second-order valence-electron chi connectivity index (χ2n) is 6.78. The largest absolute Gasteiger partial charge is 0.421 e. The van der Waals surface area contributed by atoms with Gasteiger partial charge in [0.25, 0.3) is 0 Å². The maximum atomic E-state index is 13.0. The van der Waals surface area contributed by atoms with E-state index in [1.54, 1.807) is 21.9 Å². The van der Waals surface area contributed by atoms with Gasteiger partial charge in [0.15, 0.2) is 11.0 Å². The van der Waals surface area contributed by atoms with Crippen LogP contribution in [-0.2, 0) is 18.3 Å². The number of nitrogens with two attached hydrogens (primary N) is 1. The van der Waals surface area contributed by atoms with Crippen molar-refractivity contribution in [1.29, 1.82) is 0 Å². The van der Waals surface area contributed by atoms with Crippen LogP contribution in [0.2, 0.25) is 5.15 Å². The van der Waals surface area contributed by atoms with Gasteiger partial charge in [-0.15, -0.1) is 0 Å². The lowest BCUT2D eigenvalue weighted by atomic mass is 10.1. The van der Waals surface area contributed by atoms with E-state index in [1.165, 1.54) is 6.92 Å². The summed E-state index contributed by atoms with van der Waals surface area (Å²) >= 11 is 6.20. The second kappa shape index (κ2) is 7.17. The summed E-state index contributed by atoms with van der Waals surface area (Å²) in [6.45, 7) is 7.52. The van der Waals surface area contributed by atoms with Gasteiger partial charge in [0.05, 0.1) is 17.6 Å². The molecular weight excluding hydrogens is 411 g/mol. The monoisotopic (exact) mass is 429 g/mol. The highest BCUT2D eigenvalue weighted by Crippen LogP contribution is 2.35. The fraction of sp³-hybridized carbons (Fsp3) is 0.438. The molecule has 0 aliphatic carbocycles. The summed E-state index contributed by atoms with van der Waals surface area (Å²) in [7, 11) is 0. The quantitative estimate of drug-likeness (QED) is 0.639. The Kier molecular flexibility index (Phi) is 5.15.